The molecule has 0 radical (unpaired) electrons. The first-order valence-electron chi connectivity index (χ1n) is 6.68. The molecule has 1 unspecified atom stereocenters. The average Bonchev–Trinajstić information content (AvgIpc) is 2.91. The monoisotopic (exact) mass is 292 g/mol. The lowest BCUT2D eigenvalue weighted by Gasteiger charge is -2.21. The molecule has 1 heterocycles. The van der Waals surface area contributed by atoms with Crippen molar-refractivity contribution in [2.45, 2.75) is 31.6 Å². The molecule has 20 heavy (non-hydrogen) atoms. The minimum atomic E-state index is -0.893. The van der Waals surface area contributed by atoms with E-state index in [4.69, 9.17) is 0 Å². The summed E-state index contributed by atoms with van der Waals surface area (Å²) in [5, 5.41) is 2.02. The first-order chi connectivity index (χ1) is 9.65. The number of carbonyl (C=O) groups excluding carboxylic acids is 1. The number of hydrogen-bond donors (Lipinski definition) is 0. The zero-order valence-electron chi connectivity index (χ0n) is 10.9. The second-order valence-corrected chi connectivity index (χ2v) is 6.14. The molecule has 1 aliphatic rings. The van der Waals surface area contributed by atoms with Crippen LogP contribution in [0.3, 0.4) is 0 Å². The third-order valence-electron chi connectivity index (χ3n) is 3.80. The molecule has 4 heteroatoms. The number of Topliss-reactive ketones (excluding diaryl/α,β-unsaturated/α-hetero) is 1. The molecule has 1 nitrogen and oxygen atoms in total. The number of hydrogen-bond acceptors (Lipinski definition) is 2. The zero-order valence-corrected chi connectivity index (χ0v) is 11.7. The van der Waals surface area contributed by atoms with E-state index in [1.54, 1.807) is 11.3 Å². The molecule has 0 amide bonds. The first kappa shape index (κ1) is 13.4. The normalized spacial score (nSPS) is 17.8. The molecule has 2 aromatic rings. The van der Waals surface area contributed by atoms with Gasteiger partial charge in [-0.15, -0.1) is 11.3 Å². The molecule has 1 atom stereocenters. The minimum absolute atomic E-state index is 0.0851. The Hall–Kier alpha value is -1.55. The summed E-state index contributed by atoms with van der Waals surface area (Å²) in [6.07, 6.45) is 3.08. The maximum atomic E-state index is 13.2. The van der Waals surface area contributed by atoms with Gasteiger partial charge >= 0.3 is 0 Å². The van der Waals surface area contributed by atoms with Gasteiger partial charge in [-0.25, -0.2) is 8.78 Å². The van der Waals surface area contributed by atoms with Gasteiger partial charge in [-0.1, -0.05) is 6.07 Å². The number of carbonyl (C=O) groups is 1. The molecular formula is C16H14F2OS. The molecular weight excluding hydrogens is 278 g/mol. The molecule has 0 bridgehead atoms. The third-order valence-corrected chi connectivity index (χ3v) is 4.80. The van der Waals surface area contributed by atoms with Crippen molar-refractivity contribution in [1.82, 2.24) is 0 Å². The highest BCUT2D eigenvalue weighted by atomic mass is 32.1. The van der Waals surface area contributed by atoms with Gasteiger partial charge in [-0.3, -0.25) is 4.79 Å². The Morgan fingerprint density at radius 3 is 2.90 bits per heavy atom. The smallest absolute Gasteiger partial charge is 0.159 e. The third kappa shape index (κ3) is 2.52. The largest absolute Gasteiger partial charge is 0.299 e. The lowest BCUT2D eigenvalue weighted by Crippen LogP contribution is -2.19. The number of rotatable bonds is 3. The standard InChI is InChI=1S/C16H14F2OS/c17-13-5-4-10(8-14(13)18)9-15(19)11-2-1-3-16-12(11)6-7-20-16/h4-8,11H,1-3,9H2. The van der Waals surface area contributed by atoms with Crippen molar-refractivity contribution < 1.29 is 13.6 Å². The summed E-state index contributed by atoms with van der Waals surface area (Å²) < 4.78 is 26.1. The summed E-state index contributed by atoms with van der Waals surface area (Å²) in [4.78, 5) is 13.7. The van der Waals surface area contributed by atoms with Crippen LogP contribution in [0.15, 0.2) is 29.6 Å². The van der Waals surface area contributed by atoms with Crippen molar-refractivity contribution in [3.63, 3.8) is 0 Å². The highest BCUT2D eigenvalue weighted by Gasteiger charge is 2.27. The van der Waals surface area contributed by atoms with Crippen LogP contribution in [0.4, 0.5) is 8.78 Å². The Bertz CT molecular complexity index is 648. The Balaban J connectivity index is 1.79. The van der Waals surface area contributed by atoms with E-state index >= 15 is 0 Å². The van der Waals surface area contributed by atoms with Crippen molar-refractivity contribution in [3.05, 3.63) is 57.3 Å². The number of fused-ring (bicyclic) bond motifs is 1. The zero-order chi connectivity index (χ0) is 14.1. The number of ketones is 1. The van der Waals surface area contributed by atoms with E-state index in [1.807, 2.05) is 11.4 Å². The fourth-order valence-corrected chi connectivity index (χ4v) is 3.78. The van der Waals surface area contributed by atoms with Gasteiger partial charge in [0.25, 0.3) is 0 Å². The molecule has 0 saturated heterocycles. The molecule has 104 valence electrons. The summed E-state index contributed by atoms with van der Waals surface area (Å²) in [5.74, 6) is -1.76. The van der Waals surface area contributed by atoms with Crippen LogP contribution in [0.5, 0.6) is 0 Å². The van der Waals surface area contributed by atoms with Gasteiger partial charge in [0, 0.05) is 17.2 Å². The quantitative estimate of drug-likeness (QED) is 0.826. The van der Waals surface area contributed by atoms with Crippen LogP contribution in [0.2, 0.25) is 0 Å². The molecule has 0 spiro atoms. The van der Waals surface area contributed by atoms with Gasteiger partial charge in [-0.05, 0) is 54.0 Å². The molecule has 1 aliphatic carbocycles. The van der Waals surface area contributed by atoms with Crippen LogP contribution < -0.4 is 0 Å². The van der Waals surface area contributed by atoms with Gasteiger partial charge in [0.05, 0.1) is 0 Å². The summed E-state index contributed by atoms with van der Waals surface area (Å²) >= 11 is 1.70. The number of halogens is 2. The van der Waals surface area contributed by atoms with E-state index in [0.29, 0.717) is 5.56 Å². The van der Waals surface area contributed by atoms with Crippen molar-refractivity contribution in [2.24, 2.45) is 0 Å². The Kier molecular flexibility index (Phi) is 3.66. The van der Waals surface area contributed by atoms with Crippen LogP contribution in [-0.4, -0.2) is 5.78 Å². The fraction of sp³-hybridized carbons (Fsp3) is 0.312. The van der Waals surface area contributed by atoms with Crippen molar-refractivity contribution >= 4 is 17.1 Å². The number of benzene rings is 1. The molecule has 0 aliphatic heterocycles. The average molecular weight is 292 g/mol. The van der Waals surface area contributed by atoms with E-state index < -0.39 is 11.6 Å². The molecule has 0 N–H and O–H groups in total. The van der Waals surface area contributed by atoms with Crippen LogP contribution in [0, 0.1) is 11.6 Å². The van der Waals surface area contributed by atoms with Gasteiger partial charge in [-0.2, -0.15) is 0 Å². The van der Waals surface area contributed by atoms with Crippen LogP contribution >= 0.6 is 11.3 Å². The van der Waals surface area contributed by atoms with Crippen LogP contribution in [-0.2, 0) is 17.6 Å². The van der Waals surface area contributed by atoms with Crippen molar-refractivity contribution in [3.8, 4) is 0 Å². The number of aryl methyl sites for hydroxylation is 1. The maximum Gasteiger partial charge on any atom is 0.159 e. The SMILES string of the molecule is O=C(Cc1ccc(F)c(F)c1)C1CCCc2sccc21. The van der Waals surface area contributed by atoms with Crippen LogP contribution in [0.25, 0.3) is 0 Å². The second kappa shape index (κ2) is 5.44. The maximum absolute atomic E-state index is 13.2. The van der Waals surface area contributed by atoms with Gasteiger partial charge in [0.1, 0.15) is 5.78 Å². The summed E-state index contributed by atoms with van der Waals surface area (Å²) in [6, 6.07) is 5.69. The molecule has 0 fully saturated rings. The lowest BCUT2D eigenvalue weighted by molar-refractivity contribution is -0.120. The van der Waals surface area contributed by atoms with E-state index in [1.165, 1.54) is 10.9 Å². The Morgan fingerprint density at radius 1 is 1.25 bits per heavy atom. The molecule has 0 saturated carbocycles. The molecule has 1 aromatic heterocycles. The Morgan fingerprint density at radius 2 is 2.10 bits per heavy atom. The van der Waals surface area contributed by atoms with E-state index in [0.717, 1.165) is 37.0 Å². The predicted octanol–water partition coefficient (Wildman–Crippen LogP) is 4.26. The van der Waals surface area contributed by atoms with Gasteiger partial charge < -0.3 is 0 Å². The molecule has 3 rings (SSSR count). The van der Waals surface area contributed by atoms with E-state index in [-0.39, 0.29) is 18.1 Å². The summed E-state index contributed by atoms with van der Waals surface area (Å²) in [5.41, 5.74) is 1.67. The topological polar surface area (TPSA) is 17.1 Å². The highest BCUT2D eigenvalue weighted by Crippen LogP contribution is 2.36. The Labute approximate surface area is 120 Å². The lowest BCUT2D eigenvalue weighted by atomic mass is 9.83. The highest BCUT2D eigenvalue weighted by molar-refractivity contribution is 7.10. The van der Waals surface area contributed by atoms with Crippen molar-refractivity contribution in [2.75, 3.05) is 0 Å². The summed E-state index contributed by atoms with van der Waals surface area (Å²) in [7, 11) is 0. The van der Waals surface area contributed by atoms with Crippen molar-refractivity contribution in [1.29, 1.82) is 0 Å². The van der Waals surface area contributed by atoms with Gasteiger partial charge in [0.15, 0.2) is 11.6 Å². The van der Waals surface area contributed by atoms with Gasteiger partial charge in [0.2, 0.25) is 0 Å². The molecule has 1 aromatic carbocycles. The minimum Gasteiger partial charge on any atom is -0.299 e. The van der Waals surface area contributed by atoms with E-state index in [2.05, 4.69) is 0 Å². The first-order valence-corrected chi connectivity index (χ1v) is 7.56. The second-order valence-electron chi connectivity index (χ2n) is 5.14. The number of thiophene rings is 1. The van der Waals surface area contributed by atoms with Crippen LogP contribution in [0.1, 0.15) is 34.8 Å². The van der Waals surface area contributed by atoms with E-state index in [9.17, 15) is 13.6 Å². The summed E-state index contributed by atoms with van der Waals surface area (Å²) in [6.45, 7) is 0. The fourth-order valence-electron chi connectivity index (χ4n) is 2.79. The predicted molar refractivity (Wildman–Crippen MR) is 75.1 cm³/mol.